The highest BCUT2D eigenvalue weighted by Crippen LogP contribution is 2.39. The summed E-state index contributed by atoms with van der Waals surface area (Å²) in [6.45, 7) is 0.122. The van der Waals surface area contributed by atoms with E-state index in [2.05, 4.69) is 0 Å². The molecule has 1 aliphatic heterocycles. The van der Waals surface area contributed by atoms with Gasteiger partial charge in [-0.3, -0.25) is 4.79 Å². The second-order valence-corrected chi connectivity index (χ2v) is 5.78. The topological polar surface area (TPSA) is 68.9 Å². The van der Waals surface area contributed by atoms with Crippen LogP contribution in [-0.2, 0) is 0 Å². The molecule has 1 aliphatic rings. The Hall–Kier alpha value is -2.37. The van der Waals surface area contributed by atoms with Gasteiger partial charge in [0.05, 0.1) is 10.4 Å². The summed E-state index contributed by atoms with van der Waals surface area (Å²) in [6, 6.07) is 7.81. The Morgan fingerprint density at radius 2 is 1.83 bits per heavy atom. The van der Waals surface area contributed by atoms with Gasteiger partial charge >= 0.3 is 0 Å². The molecule has 0 aliphatic carbocycles. The first-order valence-corrected chi connectivity index (χ1v) is 7.35. The Balaban J connectivity index is 2.01. The van der Waals surface area contributed by atoms with Crippen LogP contribution >= 0.6 is 23.2 Å². The monoisotopic (exact) mass is 350 g/mol. The Morgan fingerprint density at radius 1 is 1.04 bits per heavy atom. The number of halogens is 2. The van der Waals surface area contributed by atoms with Crippen LogP contribution in [0.1, 0.15) is 0 Å². The minimum Gasteiger partial charge on any atom is -0.502 e. The number of aromatic hydroxyl groups is 1. The summed E-state index contributed by atoms with van der Waals surface area (Å²) in [5.74, 6) is 0.577. The first kappa shape index (κ1) is 14.2. The molecule has 2 heterocycles. The molecule has 0 unspecified atom stereocenters. The van der Waals surface area contributed by atoms with Gasteiger partial charge in [0.1, 0.15) is 0 Å². The molecule has 0 fully saturated rings. The number of hydrogen-bond acceptors (Lipinski definition) is 5. The number of fused-ring (bicyclic) bond motifs is 2. The van der Waals surface area contributed by atoms with E-state index in [1.54, 1.807) is 18.2 Å². The third-order valence-electron chi connectivity index (χ3n) is 3.52. The fourth-order valence-electron chi connectivity index (χ4n) is 2.45. The molecule has 116 valence electrons. The summed E-state index contributed by atoms with van der Waals surface area (Å²) in [6.07, 6.45) is 0. The van der Waals surface area contributed by atoms with Gasteiger partial charge in [-0.1, -0.05) is 23.2 Å². The summed E-state index contributed by atoms with van der Waals surface area (Å²) in [7, 11) is 0. The minimum absolute atomic E-state index is 0.00465. The van der Waals surface area contributed by atoms with E-state index in [1.165, 1.54) is 12.1 Å². The van der Waals surface area contributed by atoms with Crippen molar-refractivity contribution in [3.8, 4) is 28.6 Å². The summed E-state index contributed by atoms with van der Waals surface area (Å²) < 4.78 is 16.2. The smallest absolute Gasteiger partial charge is 0.235 e. The molecule has 0 bridgehead atoms. The van der Waals surface area contributed by atoms with Gasteiger partial charge in [-0.05, 0) is 30.3 Å². The van der Waals surface area contributed by atoms with Crippen molar-refractivity contribution >= 4 is 34.2 Å². The van der Waals surface area contributed by atoms with Gasteiger partial charge in [-0.15, -0.1) is 0 Å². The minimum atomic E-state index is -0.608. The van der Waals surface area contributed by atoms with Crippen LogP contribution in [0.25, 0.3) is 22.3 Å². The molecule has 3 aromatic rings. The number of ether oxygens (including phenoxy) is 2. The molecule has 1 N–H and O–H groups in total. The van der Waals surface area contributed by atoms with Gasteiger partial charge in [0.15, 0.2) is 22.8 Å². The molecule has 0 saturated carbocycles. The second-order valence-electron chi connectivity index (χ2n) is 4.94. The fourth-order valence-corrected chi connectivity index (χ4v) is 2.98. The van der Waals surface area contributed by atoms with Crippen molar-refractivity contribution in [1.82, 2.24) is 0 Å². The highest BCUT2D eigenvalue weighted by Gasteiger charge is 2.20. The molecule has 7 heteroatoms. The zero-order valence-electron chi connectivity index (χ0n) is 11.4. The van der Waals surface area contributed by atoms with Crippen molar-refractivity contribution in [2.45, 2.75) is 0 Å². The normalized spacial score (nSPS) is 12.8. The maximum absolute atomic E-state index is 12.4. The van der Waals surface area contributed by atoms with Gasteiger partial charge in [0.25, 0.3) is 0 Å². The second kappa shape index (κ2) is 5.08. The maximum atomic E-state index is 12.4. The van der Waals surface area contributed by atoms with Crippen LogP contribution in [0.15, 0.2) is 39.5 Å². The average Bonchev–Trinajstić information content (AvgIpc) is 2.99. The molecule has 0 atom stereocenters. The summed E-state index contributed by atoms with van der Waals surface area (Å²) >= 11 is 12.0. The van der Waals surface area contributed by atoms with Crippen LogP contribution in [0.5, 0.6) is 17.2 Å². The zero-order chi connectivity index (χ0) is 16.1. The van der Waals surface area contributed by atoms with Crippen molar-refractivity contribution in [3.63, 3.8) is 0 Å². The third kappa shape index (κ3) is 2.20. The Bertz CT molecular complexity index is 1010. The molecule has 1 aromatic heterocycles. The average molecular weight is 351 g/mol. The van der Waals surface area contributed by atoms with E-state index in [0.29, 0.717) is 17.1 Å². The lowest BCUT2D eigenvalue weighted by molar-refractivity contribution is 0.174. The summed E-state index contributed by atoms with van der Waals surface area (Å²) in [5.41, 5.74) is 0.0200. The van der Waals surface area contributed by atoms with E-state index in [4.69, 9.17) is 37.1 Å². The van der Waals surface area contributed by atoms with Crippen LogP contribution in [0, 0.1) is 0 Å². The van der Waals surface area contributed by atoms with Gasteiger partial charge in [-0.2, -0.15) is 0 Å². The molecule has 4 rings (SSSR count). The van der Waals surface area contributed by atoms with E-state index >= 15 is 0 Å². The zero-order valence-corrected chi connectivity index (χ0v) is 12.9. The lowest BCUT2D eigenvalue weighted by Crippen LogP contribution is -2.03. The van der Waals surface area contributed by atoms with Gasteiger partial charge in [0.2, 0.25) is 18.0 Å². The molecule has 2 aromatic carbocycles. The van der Waals surface area contributed by atoms with Crippen LogP contribution in [0.2, 0.25) is 10.0 Å². The predicted molar refractivity (Wildman–Crippen MR) is 85.7 cm³/mol. The molecular weight excluding hydrogens is 343 g/mol. The quantitative estimate of drug-likeness (QED) is 0.712. The Kier molecular flexibility index (Phi) is 3.14. The van der Waals surface area contributed by atoms with Gasteiger partial charge in [0, 0.05) is 10.6 Å². The van der Waals surface area contributed by atoms with Crippen LogP contribution < -0.4 is 14.9 Å². The van der Waals surface area contributed by atoms with Crippen molar-refractivity contribution in [2.75, 3.05) is 6.79 Å². The molecule has 0 radical (unpaired) electrons. The fraction of sp³-hybridized carbons (Fsp3) is 0.0625. The number of rotatable bonds is 1. The summed E-state index contributed by atoms with van der Waals surface area (Å²) in [4.78, 5) is 12.4. The standard InChI is InChI=1S/C16H8Cl2O5/c17-8-4-9-13(19)14(20)15(23-16(9)10(18)5-8)7-1-2-11-12(3-7)22-6-21-11/h1-5,20H,6H2. The van der Waals surface area contributed by atoms with Gasteiger partial charge < -0.3 is 19.0 Å². The maximum Gasteiger partial charge on any atom is 0.235 e. The van der Waals surface area contributed by atoms with Gasteiger partial charge in [-0.25, -0.2) is 0 Å². The van der Waals surface area contributed by atoms with E-state index in [0.717, 1.165) is 0 Å². The molecule has 23 heavy (non-hydrogen) atoms. The number of benzene rings is 2. The first-order chi connectivity index (χ1) is 11.0. The molecule has 5 nitrogen and oxygen atoms in total. The lowest BCUT2D eigenvalue weighted by Gasteiger charge is -2.08. The van der Waals surface area contributed by atoms with Crippen molar-refractivity contribution < 1.29 is 19.0 Å². The third-order valence-corrected chi connectivity index (χ3v) is 4.02. The highest BCUT2D eigenvalue weighted by molar-refractivity contribution is 6.38. The van der Waals surface area contributed by atoms with E-state index in [-0.39, 0.29) is 33.6 Å². The van der Waals surface area contributed by atoms with Crippen molar-refractivity contribution in [1.29, 1.82) is 0 Å². The Morgan fingerprint density at radius 3 is 2.65 bits per heavy atom. The van der Waals surface area contributed by atoms with E-state index < -0.39 is 11.2 Å². The van der Waals surface area contributed by atoms with Crippen molar-refractivity contribution in [3.05, 3.63) is 50.6 Å². The molecule has 0 saturated heterocycles. The molecule has 0 amide bonds. The molecule has 0 spiro atoms. The van der Waals surface area contributed by atoms with E-state index in [1.807, 2.05) is 0 Å². The van der Waals surface area contributed by atoms with Crippen molar-refractivity contribution in [2.24, 2.45) is 0 Å². The van der Waals surface area contributed by atoms with Crippen LogP contribution in [-0.4, -0.2) is 11.9 Å². The van der Waals surface area contributed by atoms with Crippen LogP contribution in [0.3, 0.4) is 0 Å². The lowest BCUT2D eigenvalue weighted by atomic mass is 10.1. The van der Waals surface area contributed by atoms with Crippen LogP contribution in [0.4, 0.5) is 0 Å². The largest absolute Gasteiger partial charge is 0.502 e. The number of hydrogen-bond donors (Lipinski definition) is 1. The predicted octanol–water partition coefficient (Wildman–Crippen LogP) is 4.20. The molecular formula is C16H8Cl2O5. The first-order valence-electron chi connectivity index (χ1n) is 6.59. The Labute approximate surface area is 139 Å². The summed E-state index contributed by atoms with van der Waals surface area (Å²) in [5, 5.41) is 10.8. The highest BCUT2D eigenvalue weighted by atomic mass is 35.5. The SMILES string of the molecule is O=c1c(O)c(-c2ccc3c(c2)OCO3)oc2c(Cl)cc(Cl)cc12. The van der Waals surface area contributed by atoms with E-state index in [9.17, 15) is 9.90 Å².